The van der Waals surface area contributed by atoms with Crippen molar-refractivity contribution in [2.45, 2.75) is 13.3 Å². The first-order valence-corrected chi connectivity index (χ1v) is 5.55. The molecule has 1 heterocycles. The summed E-state index contributed by atoms with van der Waals surface area (Å²) < 4.78 is 5.52. The van der Waals surface area contributed by atoms with Gasteiger partial charge in [0, 0.05) is 6.42 Å². The number of para-hydroxylation sites is 1. The van der Waals surface area contributed by atoms with E-state index in [-0.39, 0.29) is 5.88 Å². The van der Waals surface area contributed by atoms with Crippen LogP contribution in [0.25, 0.3) is 11.1 Å². The Bertz CT molecular complexity index is 533. The largest absolute Gasteiger partial charge is 0.441 e. The summed E-state index contributed by atoms with van der Waals surface area (Å²) >= 11 is 5.59. The van der Waals surface area contributed by atoms with E-state index in [0.29, 0.717) is 17.4 Å². The predicted octanol–water partition coefficient (Wildman–Crippen LogP) is 2.62. The number of hydrogen-bond donors (Lipinski definition) is 1. The molecule has 2 N–H and O–H groups in total. The molecule has 0 amide bonds. The topological polar surface area (TPSA) is 64.4 Å². The summed E-state index contributed by atoms with van der Waals surface area (Å²) in [7, 11) is 0. The molecule has 0 radical (unpaired) electrons. The first-order chi connectivity index (χ1) is 7.74. The Morgan fingerprint density at radius 1 is 1.56 bits per heavy atom. The van der Waals surface area contributed by atoms with E-state index in [4.69, 9.17) is 21.8 Å². The second-order valence-corrected chi connectivity index (χ2v) is 3.59. The highest BCUT2D eigenvalue weighted by Gasteiger charge is 2.08. The van der Waals surface area contributed by atoms with Crippen LogP contribution in [0.4, 0.5) is 5.69 Å². The third kappa shape index (κ3) is 2.02. The van der Waals surface area contributed by atoms with Crippen LogP contribution in [-0.2, 0) is 6.42 Å². The molecule has 16 heavy (non-hydrogen) atoms. The molecule has 0 aliphatic rings. The number of halogens is 1. The number of aryl methyl sites for hydroxylation is 1. The Hall–Kier alpha value is -1.55. The van der Waals surface area contributed by atoms with E-state index in [2.05, 4.69) is 9.98 Å². The van der Waals surface area contributed by atoms with Crippen molar-refractivity contribution in [3.63, 3.8) is 0 Å². The average molecular weight is 238 g/mol. The maximum absolute atomic E-state index is 5.59. The van der Waals surface area contributed by atoms with Gasteiger partial charge in [-0.1, -0.05) is 13.0 Å². The van der Waals surface area contributed by atoms with Gasteiger partial charge in [-0.3, -0.25) is 0 Å². The van der Waals surface area contributed by atoms with Crippen molar-refractivity contribution < 1.29 is 4.42 Å². The molecule has 0 spiro atoms. The summed E-state index contributed by atoms with van der Waals surface area (Å²) in [5.74, 6) is 1.27. The van der Waals surface area contributed by atoms with Crippen molar-refractivity contribution in [1.29, 1.82) is 0 Å². The molecule has 4 nitrogen and oxygen atoms in total. The molecule has 84 valence electrons. The van der Waals surface area contributed by atoms with E-state index in [1.807, 2.05) is 25.1 Å². The minimum atomic E-state index is 0.203. The lowest BCUT2D eigenvalue weighted by Gasteiger charge is -1.96. The minimum absolute atomic E-state index is 0.203. The van der Waals surface area contributed by atoms with Gasteiger partial charge in [0.25, 0.3) is 0 Å². The van der Waals surface area contributed by atoms with Crippen LogP contribution in [-0.4, -0.2) is 16.7 Å². The fraction of sp³-hybridized carbons (Fsp3) is 0.273. The lowest BCUT2D eigenvalue weighted by atomic mass is 10.3. The van der Waals surface area contributed by atoms with E-state index in [0.717, 1.165) is 17.5 Å². The van der Waals surface area contributed by atoms with E-state index < -0.39 is 0 Å². The van der Waals surface area contributed by atoms with Gasteiger partial charge in [-0.25, -0.2) is 9.98 Å². The molecule has 5 heteroatoms. The van der Waals surface area contributed by atoms with E-state index >= 15 is 0 Å². The Morgan fingerprint density at radius 2 is 2.38 bits per heavy atom. The number of aliphatic imine (C=N–C) groups is 1. The van der Waals surface area contributed by atoms with Gasteiger partial charge < -0.3 is 10.2 Å². The van der Waals surface area contributed by atoms with Crippen LogP contribution in [0.15, 0.2) is 27.6 Å². The van der Waals surface area contributed by atoms with Crippen molar-refractivity contribution in [2.75, 3.05) is 5.88 Å². The molecule has 0 aliphatic carbocycles. The summed E-state index contributed by atoms with van der Waals surface area (Å²) in [5.41, 5.74) is 7.74. The number of hydrogen-bond acceptors (Lipinski definition) is 3. The van der Waals surface area contributed by atoms with Gasteiger partial charge in [0.05, 0.1) is 11.6 Å². The Kier molecular flexibility index (Phi) is 3.10. The summed E-state index contributed by atoms with van der Waals surface area (Å²) in [4.78, 5) is 8.54. The van der Waals surface area contributed by atoms with Crippen molar-refractivity contribution in [1.82, 2.24) is 4.98 Å². The smallest absolute Gasteiger partial charge is 0.195 e. The molecule has 0 saturated carbocycles. The molecule has 2 aromatic rings. The number of amidine groups is 1. The third-order valence-corrected chi connectivity index (χ3v) is 2.42. The van der Waals surface area contributed by atoms with Gasteiger partial charge in [0.15, 0.2) is 11.5 Å². The van der Waals surface area contributed by atoms with Crippen LogP contribution in [0.2, 0.25) is 0 Å². The summed E-state index contributed by atoms with van der Waals surface area (Å²) in [5, 5.41) is 0. The highest BCUT2D eigenvalue weighted by molar-refractivity contribution is 6.28. The van der Waals surface area contributed by atoms with Gasteiger partial charge in [0.2, 0.25) is 0 Å². The number of nitrogens with zero attached hydrogens (tertiary/aromatic N) is 2. The molecule has 0 fully saturated rings. The predicted molar refractivity (Wildman–Crippen MR) is 65.4 cm³/mol. The third-order valence-electron chi connectivity index (χ3n) is 2.15. The van der Waals surface area contributed by atoms with Gasteiger partial charge >= 0.3 is 0 Å². The molecule has 2 rings (SSSR count). The normalized spacial score (nSPS) is 12.2. The lowest BCUT2D eigenvalue weighted by molar-refractivity contribution is 0.538. The van der Waals surface area contributed by atoms with Gasteiger partial charge in [-0.2, -0.15) is 0 Å². The summed E-state index contributed by atoms with van der Waals surface area (Å²) in [6.07, 6.45) is 0.753. The highest BCUT2D eigenvalue weighted by Crippen LogP contribution is 2.26. The zero-order valence-electron chi connectivity index (χ0n) is 8.90. The maximum atomic E-state index is 5.59. The second-order valence-electron chi connectivity index (χ2n) is 3.32. The first kappa shape index (κ1) is 11.0. The van der Waals surface area contributed by atoms with Crippen LogP contribution < -0.4 is 5.73 Å². The molecule has 0 aliphatic heterocycles. The number of rotatable bonds is 3. The zero-order chi connectivity index (χ0) is 11.5. The minimum Gasteiger partial charge on any atom is -0.441 e. The number of alkyl halides is 1. The van der Waals surface area contributed by atoms with Crippen molar-refractivity contribution in [2.24, 2.45) is 10.7 Å². The lowest BCUT2D eigenvalue weighted by Crippen LogP contribution is -2.12. The SMILES string of the molecule is CCc1nc2c(N=C(N)CCl)cccc2o1. The number of oxazole rings is 1. The standard InChI is InChI=1S/C11H12ClN3O/c1-2-10-15-11-7(14-9(13)6-12)4-3-5-8(11)16-10/h3-5H,2,6H2,1H3,(H2,13,14). The van der Waals surface area contributed by atoms with E-state index in [9.17, 15) is 0 Å². The fourth-order valence-electron chi connectivity index (χ4n) is 1.41. The molecule has 1 aromatic carbocycles. The fourth-order valence-corrected chi connectivity index (χ4v) is 1.47. The molecule has 0 bridgehead atoms. The highest BCUT2D eigenvalue weighted by atomic mass is 35.5. The average Bonchev–Trinajstić information content (AvgIpc) is 2.73. The van der Waals surface area contributed by atoms with Crippen molar-refractivity contribution in [3.05, 3.63) is 24.1 Å². The van der Waals surface area contributed by atoms with E-state index in [1.54, 1.807) is 0 Å². The molecular weight excluding hydrogens is 226 g/mol. The Morgan fingerprint density at radius 3 is 3.06 bits per heavy atom. The summed E-state index contributed by atoms with van der Waals surface area (Å²) in [6.45, 7) is 1.99. The van der Waals surface area contributed by atoms with Crippen LogP contribution in [0.3, 0.4) is 0 Å². The zero-order valence-corrected chi connectivity index (χ0v) is 9.66. The molecule has 0 atom stereocenters. The van der Waals surface area contributed by atoms with Gasteiger partial charge in [-0.05, 0) is 12.1 Å². The van der Waals surface area contributed by atoms with Crippen molar-refractivity contribution in [3.8, 4) is 0 Å². The summed E-state index contributed by atoms with van der Waals surface area (Å²) in [6, 6.07) is 5.55. The van der Waals surface area contributed by atoms with Crippen LogP contribution in [0.5, 0.6) is 0 Å². The quantitative estimate of drug-likeness (QED) is 0.507. The Labute approximate surface area is 98.1 Å². The first-order valence-electron chi connectivity index (χ1n) is 5.02. The number of nitrogens with two attached hydrogens (primary N) is 1. The van der Waals surface area contributed by atoms with E-state index in [1.165, 1.54) is 0 Å². The van der Waals surface area contributed by atoms with Crippen LogP contribution in [0, 0.1) is 0 Å². The molecule has 0 saturated heterocycles. The number of benzene rings is 1. The molecule has 0 unspecified atom stereocenters. The Balaban J connectivity index is 2.57. The van der Waals surface area contributed by atoms with Crippen LogP contribution >= 0.6 is 11.6 Å². The molecule has 1 aromatic heterocycles. The molecular formula is C11H12ClN3O. The van der Waals surface area contributed by atoms with Crippen LogP contribution in [0.1, 0.15) is 12.8 Å². The maximum Gasteiger partial charge on any atom is 0.195 e. The van der Waals surface area contributed by atoms with Gasteiger partial charge in [0.1, 0.15) is 11.4 Å². The number of aromatic nitrogens is 1. The van der Waals surface area contributed by atoms with Crippen molar-refractivity contribution >= 4 is 34.2 Å². The second kappa shape index (κ2) is 4.53. The monoisotopic (exact) mass is 237 g/mol. The number of fused-ring (bicyclic) bond motifs is 1. The van der Waals surface area contributed by atoms with Gasteiger partial charge in [-0.15, -0.1) is 11.6 Å².